The molecule has 0 unspecified atom stereocenters. The lowest BCUT2D eigenvalue weighted by atomic mass is 10.0. The van der Waals surface area contributed by atoms with Gasteiger partial charge in [0.25, 0.3) is 0 Å². The molecule has 0 aliphatic heterocycles. The Kier molecular flexibility index (Phi) is 6.44. The van der Waals surface area contributed by atoms with E-state index in [9.17, 15) is 5.11 Å². The summed E-state index contributed by atoms with van der Waals surface area (Å²) in [6, 6.07) is 7.57. The van der Waals surface area contributed by atoms with Crippen LogP contribution in [0.25, 0.3) is 11.1 Å². The number of aromatic nitrogens is 1. The quantitative estimate of drug-likeness (QED) is 0.522. The summed E-state index contributed by atoms with van der Waals surface area (Å²) in [5, 5.41) is 17.1. The molecular weight excluding hydrogens is 324 g/mol. The molecule has 26 heavy (non-hydrogen) atoms. The third-order valence-corrected chi connectivity index (χ3v) is 4.22. The number of aryl methyl sites for hydroxylation is 1. The first-order chi connectivity index (χ1) is 12.5. The number of aromatic hydroxyl groups is 1. The molecule has 0 saturated heterocycles. The van der Waals surface area contributed by atoms with Crippen molar-refractivity contribution in [1.29, 1.82) is 5.41 Å². The second-order valence-corrected chi connectivity index (χ2v) is 6.01. The van der Waals surface area contributed by atoms with Crippen molar-refractivity contribution in [1.82, 2.24) is 4.98 Å². The highest BCUT2D eigenvalue weighted by Gasteiger charge is 2.06. The molecule has 0 fully saturated rings. The van der Waals surface area contributed by atoms with E-state index in [4.69, 9.17) is 11.1 Å². The summed E-state index contributed by atoms with van der Waals surface area (Å²) in [7, 11) is 0. The van der Waals surface area contributed by atoms with Gasteiger partial charge in [-0.2, -0.15) is 0 Å². The first kappa shape index (κ1) is 19.1. The fraction of sp³-hybridized carbons (Fsp3) is 0.190. The molecule has 5 heteroatoms. The van der Waals surface area contributed by atoms with Crippen molar-refractivity contribution < 1.29 is 5.11 Å². The van der Waals surface area contributed by atoms with Crippen LogP contribution in [-0.4, -0.2) is 22.5 Å². The van der Waals surface area contributed by atoms with Gasteiger partial charge in [-0.1, -0.05) is 18.6 Å². The molecule has 0 radical (unpaired) electrons. The van der Waals surface area contributed by atoms with Gasteiger partial charge in [0.2, 0.25) is 0 Å². The topological polar surface area (TPSA) is 95.4 Å². The van der Waals surface area contributed by atoms with E-state index in [0.717, 1.165) is 39.9 Å². The number of hydrogen-bond donors (Lipinski definition) is 3. The average molecular weight is 348 g/mol. The van der Waals surface area contributed by atoms with Gasteiger partial charge in [0, 0.05) is 41.5 Å². The summed E-state index contributed by atoms with van der Waals surface area (Å²) in [5.41, 5.74) is 11.9. The molecule has 2 rings (SSSR count). The maximum absolute atomic E-state index is 9.59. The third kappa shape index (κ3) is 4.45. The number of benzene rings is 1. The number of aliphatic imine (C=N–C) groups is 1. The largest absolute Gasteiger partial charge is 0.506 e. The van der Waals surface area contributed by atoms with Crippen LogP contribution in [0.3, 0.4) is 0 Å². The Hall–Kier alpha value is -3.21. The summed E-state index contributed by atoms with van der Waals surface area (Å²) in [4.78, 5) is 8.61. The summed E-state index contributed by atoms with van der Waals surface area (Å²) in [5.74, 6) is 0.139. The van der Waals surface area contributed by atoms with Crippen LogP contribution in [0.15, 0.2) is 64.6 Å². The molecule has 2 aromatic rings. The van der Waals surface area contributed by atoms with Crippen LogP contribution < -0.4 is 5.73 Å². The van der Waals surface area contributed by atoms with Gasteiger partial charge in [0.05, 0.1) is 11.9 Å². The van der Waals surface area contributed by atoms with E-state index in [1.54, 1.807) is 18.5 Å². The second-order valence-electron chi connectivity index (χ2n) is 6.01. The van der Waals surface area contributed by atoms with Gasteiger partial charge in [-0.15, -0.1) is 0 Å². The third-order valence-electron chi connectivity index (χ3n) is 4.22. The summed E-state index contributed by atoms with van der Waals surface area (Å²) in [6.07, 6.45) is 8.41. The highest BCUT2D eigenvalue weighted by Crippen LogP contribution is 2.28. The molecule has 0 aliphatic rings. The molecule has 1 heterocycles. The molecule has 4 N–H and O–H groups in total. The normalized spacial score (nSPS) is 13.0. The van der Waals surface area contributed by atoms with Crippen molar-refractivity contribution >= 4 is 18.1 Å². The maximum atomic E-state index is 9.59. The Balaban J connectivity index is 2.37. The zero-order valence-electron chi connectivity index (χ0n) is 15.3. The molecule has 1 aromatic carbocycles. The fourth-order valence-electron chi connectivity index (χ4n) is 2.54. The fourth-order valence-corrected chi connectivity index (χ4v) is 2.54. The molecule has 5 nitrogen and oxygen atoms in total. The van der Waals surface area contributed by atoms with Crippen molar-refractivity contribution in [2.75, 3.05) is 0 Å². The van der Waals surface area contributed by atoms with Crippen molar-refractivity contribution in [3.8, 4) is 16.9 Å². The van der Waals surface area contributed by atoms with Crippen molar-refractivity contribution in [3.05, 3.63) is 65.1 Å². The number of nitrogens with zero attached hydrogens (tertiary/aromatic N) is 2. The molecule has 0 amide bonds. The van der Waals surface area contributed by atoms with Crippen LogP contribution in [0.2, 0.25) is 0 Å². The minimum atomic E-state index is 0.139. The van der Waals surface area contributed by atoms with Gasteiger partial charge in [-0.05, 0) is 49.6 Å². The molecule has 0 saturated carbocycles. The molecular formula is C21H24N4O. The minimum absolute atomic E-state index is 0.139. The van der Waals surface area contributed by atoms with Crippen LogP contribution >= 0.6 is 0 Å². The summed E-state index contributed by atoms with van der Waals surface area (Å²) in [6.45, 7) is 6.06. The van der Waals surface area contributed by atoms with Crippen molar-refractivity contribution in [3.63, 3.8) is 0 Å². The van der Waals surface area contributed by atoms with Gasteiger partial charge in [-0.3, -0.25) is 9.98 Å². The first-order valence-electron chi connectivity index (χ1n) is 8.41. The number of nitrogens with two attached hydrogens (primary N) is 1. The zero-order valence-corrected chi connectivity index (χ0v) is 15.3. The molecule has 0 atom stereocenters. The Bertz CT molecular complexity index is 895. The van der Waals surface area contributed by atoms with Crippen LogP contribution in [0, 0.1) is 12.3 Å². The number of hydrogen-bond acceptors (Lipinski definition) is 5. The van der Waals surface area contributed by atoms with Gasteiger partial charge in [0.15, 0.2) is 0 Å². The lowest BCUT2D eigenvalue weighted by Crippen LogP contribution is -2.00. The van der Waals surface area contributed by atoms with E-state index in [2.05, 4.69) is 16.9 Å². The smallest absolute Gasteiger partial charge is 0.134 e. The lowest BCUT2D eigenvalue weighted by molar-refractivity contribution is 0.473. The predicted molar refractivity (Wildman–Crippen MR) is 108 cm³/mol. The molecule has 1 aromatic heterocycles. The van der Waals surface area contributed by atoms with E-state index in [1.807, 2.05) is 32.0 Å². The van der Waals surface area contributed by atoms with E-state index < -0.39 is 0 Å². The molecule has 134 valence electrons. The monoisotopic (exact) mass is 348 g/mol. The van der Waals surface area contributed by atoms with Crippen molar-refractivity contribution in [2.45, 2.75) is 27.2 Å². The number of allylic oxidation sites excluding steroid dienone is 3. The highest BCUT2D eigenvalue weighted by molar-refractivity contribution is 5.99. The first-order valence-corrected chi connectivity index (χ1v) is 8.41. The van der Waals surface area contributed by atoms with Crippen LogP contribution in [0.5, 0.6) is 5.75 Å². The second kappa shape index (κ2) is 8.76. The molecule has 0 bridgehead atoms. The molecule has 0 aliphatic carbocycles. The highest BCUT2D eigenvalue weighted by atomic mass is 16.3. The Morgan fingerprint density at radius 3 is 2.62 bits per heavy atom. The number of nitrogens with one attached hydrogen (secondary N) is 1. The van der Waals surface area contributed by atoms with Gasteiger partial charge < -0.3 is 16.2 Å². The van der Waals surface area contributed by atoms with Gasteiger partial charge >= 0.3 is 0 Å². The lowest BCUT2D eigenvalue weighted by Gasteiger charge is -2.08. The summed E-state index contributed by atoms with van der Waals surface area (Å²) < 4.78 is 0. The molecule has 0 spiro atoms. The van der Waals surface area contributed by atoms with E-state index >= 15 is 0 Å². The number of pyridine rings is 1. The average Bonchev–Trinajstić information content (AvgIpc) is 2.65. The Labute approximate surface area is 154 Å². The SMILES string of the molecule is CC/C(C)=C(C=Nc1ccc(-c2cncc(O)c2)cc1C)\C(C=N)=C\N. The van der Waals surface area contributed by atoms with Crippen LogP contribution in [0.1, 0.15) is 25.8 Å². The van der Waals surface area contributed by atoms with E-state index in [1.165, 1.54) is 18.6 Å². The van der Waals surface area contributed by atoms with E-state index in [-0.39, 0.29) is 5.75 Å². The van der Waals surface area contributed by atoms with Crippen LogP contribution in [-0.2, 0) is 0 Å². The Morgan fingerprint density at radius 2 is 2.04 bits per heavy atom. The summed E-state index contributed by atoms with van der Waals surface area (Å²) >= 11 is 0. The zero-order chi connectivity index (χ0) is 19.1. The van der Waals surface area contributed by atoms with Crippen molar-refractivity contribution in [2.24, 2.45) is 10.7 Å². The minimum Gasteiger partial charge on any atom is -0.506 e. The number of rotatable bonds is 6. The predicted octanol–water partition coefficient (Wildman–Crippen LogP) is 4.68. The van der Waals surface area contributed by atoms with Gasteiger partial charge in [0.1, 0.15) is 5.75 Å². The van der Waals surface area contributed by atoms with Crippen LogP contribution in [0.4, 0.5) is 5.69 Å². The van der Waals surface area contributed by atoms with Gasteiger partial charge in [-0.25, -0.2) is 0 Å². The van der Waals surface area contributed by atoms with E-state index in [0.29, 0.717) is 5.57 Å². The standard InChI is InChI=1S/C21H24N4O/c1-4-14(2)20(18(9-22)10-23)13-25-21-6-5-16(7-15(21)3)17-8-19(26)12-24-11-17/h5-13,22,26H,4,23H2,1-3H3/b18-10+,20-14-,22-9?,25-13?. The maximum Gasteiger partial charge on any atom is 0.134 e. The Morgan fingerprint density at radius 1 is 1.27 bits per heavy atom.